The number of unbranched alkanes of at least 4 members (excludes halogenated alkanes) is 1. The molecule has 3 aromatic carbocycles. The Kier molecular flexibility index (Phi) is 13.7. The molecule has 3 amide bonds. The summed E-state index contributed by atoms with van der Waals surface area (Å²) in [6, 6.07) is 14.5. The Morgan fingerprint density at radius 1 is 0.903 bits per heavy atom. The Bertz CT molecular complexity index is 2040. The molecule has 3 heterocycles. The number of hydrogen-bond donors (Lipinski definition) is 1. The van der Waals surface area contributed by atoms with Crippen molar-refractivity contribution in [3.8, 4) is 0 Å². The molecule has 0 radical (unpaired) electrons. The summed E-state index contributed by atoms with van der Waals surface area (Å²) >= 11 is 0. The van der Waals surface area contributed by atoms with Crippen LogP contribution in [0.25, 0.3) is 0 Å². The average molecular weight is 876 g/mol. The molecule has 336 valence electrons. The maximum atomic E-state index is 14.1. The van der Waals surface area contributed by atoms with Crippen molar-refractivity contribution in [1.82, 2.24) is 24.9 Å². The molecule has 7 rings (SSSR count). The molecular weight excluding hydrogens is 824 g/mol. The monoisotopic (exact) mass is 875 g/mol. The van der Waals surface area contributed by atoms with Crippen LogP contribution in [0.5, 0.6) is 0 Å². The summed E-state index contributed by atoms with van der Waals surface area (Å²) in [6.45, 7) is 4.45. The summed E-state index contributed by atoms with van der Waals surface area (Å²) < 4.78 is 109. The number of benzene rings is 3. The van der Waals surface area contributed by atoms with E-state index in [4.69, 9.17) is 9.47 Å². The van der Waals surface area contributed by atoms with Crippen LogP contribution in [0.3, 0.4) is 0 Å². The van der Waals surface area contributed by atoms with Gasteiger partial charge in [0.15, 0.2) is 0 Å². The van der Waals surface area contributed by atoms with Crippen molar-refractivity contribution in [3.05, 3.63) is 106 Å². The van der Waals surface area contributed by atoms with Crippen molar-refractivity contribution in [2.24, 2.45) is 0 Å². The van der Waals surface area contributed by atoms with E-state index in [1.54, 1.807) is 11.9 Å². The first kappa shape index (κ1) is 45.4. The number of alkyl halides is 6. The van der Waals surface area contributed by atoms with Crippen molar-refractivity contribution < 1.29 is 54.6 Å². The van der Waals surface area contributed by atoms with Gasteiger partial charge in [-0.2, -0.15) is 26.3 Å². The van der Waals surface area contributed by atoms with E-state index >= 15 is 0 Å². The van der Waals surface area contributed by atoms with Crippen LogP contribution < -0.4 is 5.32 Å². The van der Waals surface area contributed by atoms with Crippen LogP contribution in [0.1, 0.15) is 76.7 Å². The van der Waals surface area contributed by atoms with E-state index in [1.807, 2.05) is 17.0 Å². The molecule has 3 aliphatic heterocycles. The summed E-state index contributed by atoms with van der Waals surface area (Å²) in [5, 5.41) is 3.24. The number of halogens is 7. The van der Waals surface area contributed by atoms with Crippen LogP contribution in [0.2, 0.25) is 0 Å². The van der Waals surface area contributed by atoms with Gasteiger partial charge in [0.1, 0.15) is 24.8 Å². The second kappa shape index (κ2) is 18.6. The van der Waals surface area contributed by atoms with Gasteiger partial charge in [0.25, 0.3) is 5.91 Å². The Morgan fingerprint density at radius 2 is 1.60 bits per heavy atom. The summed E-state index contributed by atoms with van der Waals surface area (Å²) in [5.74, 6) is -1.54. The van der Waals surface area contributed by atoms with Crippen LogP contribution in [0, 0.1) is 5.82 Å². The van der Waals surface area contributed by atoms with Crippen LogP contribution >= 0.6 is 0 Å². The summed E-state index contributed by atoms with van der Waals surface area (Å²) in [7, 11) is 1.77. The number of carbonyl (C=O) groups is 3. The second-order valence-electron chi connectivity index (χ2n) is 16.9. The molecule has 1 N–H and O–H groups in total. The van der Waals surface area contributed by atoms with Gasteiger partial charge in [-0.05, 0) is 98.6 Å². The van der Waals surface area contributed by atoms with E-state index in [2.05, 4.69) is 22.3 Å². The van der Waals surface area contributed by atoms with E-state index < -0.39 is 53.1 Å². The molecule has 3 fully saturated rings. The predicted molar refractivity (Wildman–Crippen MR) is 214 cm³/mol. The van der Waals surface area contributed by atoms with Crippen molar-refractivity contribution in [2.75, 3.05) is 79.3 Å². The molecule has 3 saturated heterocycles. The van der Waals surface area contributed by atoms with Crippen molar-refractivity contribution in [3.63, 3.8) is 0 Å². The van der Waals surface area contributed by atoms with Gasteiger partial charge in [0, 0.05) is 63.7 Å². The third-order valence-corrected chi connectivity index (χ3v) is 13.0. The van der Waals surface area contributed by atoms with Gasteiger partial charge in [-0.25, -0.2) is 4.39 Å². The molecule has 0 aromatic heterocycles. The number of carbonyl (C=O) groups excluding carboxylic acids is 3. The normalized spacial score (nSPS) is 21.9. The minimum absolute atomic E-state index is 0.0234. The molecule has 62 heavy (non-hydrogen) atoms. The maximum absolute atomic E-state index is 14.1. The van der Waals surface area contributed by atoms with Gasteiger partial charge in [0.2, 0.25) is 11.8 Å². The first-order valence-corrected chi connectivity index (χ1v) is 21.1. The molecule has 2 atom stereocenters. The number of nitrogens with zero attached hydrogens (tertiary/aromatic N) is 4. The first-order valence-electron chi connectivity index (χ1n) is 21.1. The fourth-order valence-electron chi connectivity index (χ4n) is 9.41. The van der Waals surface area contributed by atoms with Crippen LogP contribution in [0.15, 0.2) is 66.7 Å². The molecule has 3 aromatic rings. The standard InChI is InChI=1S/C45H52F7N5O5/c1-54(18-4-5-19-56-23-17-53-16-12-39(56)58)40(59)28-61-38-26-31-6-2-3-7-37(31)42(38)13-20-55(21-14-42)22-15-43(33-8-10-36(46)11-9-33)29-57(30-62-43)41(60)32-24-34(44(47,48)49)27-35(25-32)45(50,51)52/h2-3,6-11,24-25,27,38,53H,4-5,12-23,26,28-30H2,1H3/t38-,43-/m0/s1. The lowest BCUT2D eigenvalue weighted by Crippen LogP contribution is -2.50. The number of piperidine rings is 1. The summed E-state index contributed by atoms with van der Waals surface area (Å²) in [6.07, 6.45) is -6.06. The zero-order valence-corrected chi connectivity index (χ0v) is 34.6. The highest BCUT2D eigenvalue weighted by Gasteiger charge is 2.50. The Morgan fingerprint density at radius 3 is 2.29 bits per heavy atom. The lowest BCUT2D eigenvalue weighted by Gasteiger charge is -2.44. The van der Waals surface area contributed by atoms with Gasteiger partial charge in [-0.15, -0.1) is 0 Å². The number of fused-ring (bicyclic) bond motifs is 2. The Hall–Kier alpha value is -4.58. The fourth-order valence-corrected chi connectivity index (χ4v) is 9.41. The highest BCUT2D eigenvalue weighted by atomic mass is 19.4. The molecular formula is C45H52F7N5O5. The average Bonchev–Trinajstić information content (AvgIpc) is 3.74. The second-order valence-corrected chi connectivity index (χ2v) is 16.9. The zero-order valence-electron chi connectivity index (χ0n) is 34.6. The Labute approximate surface area is 356 Å². The number of rotatable bonds is 13. The van der Waals surface area contributed by atoms with E-state index in [1.165, 1.54) is 35.4 Å². The van der Waals surface area contributed by atoms with Crippen LogP contribution in [-0.2, 0) is 48.9 Å². The largest absolute Gasteiger partial charge is 0.416 e. The molecule has 0 unspecified atom stereocenters. The van der Waals surface area contributed by atoms with Gasteiger partial charge in [-0.3, -0.25) is 14.4 Å². The molecule has 1 spiro atoms. The van der Waals surface area contributed by atoms with Crippen molar-refractivity contribution in [1.29, 1.82) is 0 Å². The van der Waals surface area contributed by atoms with E-state index in [0.29, 0.717) is 76.4 Å². The lowest BCUT2D eigenvalue weighted by molar-refractivity contribution is -0.143. The molecule has 0 bridgehead atoms. The quantitative estimate of drug-likeness (QED) is 0.153. The molecule has 1 aliphatic carbocycles. The third kappa shape index (κ3) is 10.1. The molecule has 17 heteroatoms. The highest BCUT2D eigenvalue weighted by Crippen LogP contribution is 2.48. The summed E-state index contributed by atoms with van der Waals surface area (Å²) in [4.78, 5) is 46.1. The third-order valence-electron chi connectivity index (χ3n) is 13.0. The topological polar surface area (TPSA) is 94.7 Å². The molecule has 10 nitrogen and oxygen atoms in total. The lowest BCUT2D eigenvalue weighted by atomic mass is 9.72. The molecule has 0 saturated carbocycles. The van der Waals surface area contributed by atoms with E-state index in [-0.39, 0.29) is 49.0 Å². The van der Waals surface area contributed by atoms with Crippen LogP contribution in [-0.4, -0.2) is 123 Å². The SMILES string of the molecule is CN(CCCCN1CCNCCC1=O)C(=O)CO[C@H]1Cc2ccccc2C12CCN(CC[C@@]1(c3ccc(F)cc3)CN(C(=O)c3cc(C(F)(F)F)cc(C(F)(F)F)c3)CO1)CC2. The summed E-state index contributed by atoms with van der Waals surface area (Å²) in [5.41, 5.74) is -2.65. The van der Waals surface area contributed by atoms with E-state index in [9.17, 15) is 45.1 Å². The predicted octanol–water partition coefficient (Wildman–Crippen LogP) is 6.61. The van der Waals surface area contributed by atoms with Crippen molar-refractivity contribution in [2.45, 2.75) is 74.4 Å². The maximum Gasteiger partial charge on any atom is 0.416 e. The number of hydrogen-bond acceptors (Lipinski definition) is 7. The number of nitrogens with one attached hydrogen (secondary N) is 1. The minimum atomic E-state index is -5.13. The zero-order chi connectivity index (χ0) is 44.3. The highest BCUT2D eigenvalue weighted by molar-refractivity contribution is 5.95. The van der Waals surface area contributed by atoms with E-state index in [0.717, 1.165) is 37.1 Å². The van der Waals surface area contributed by atoms with Gasteiger partial charge in [0.05, 0.1) is 23.8 Å². The number of ether oxygens (including phenoxy) is 2. The van der Waals surface area contributed by atoms with Crippen molar-refractivity contribution >= 4 is 17.7 Å². The minimum Gasteiger partial charge on any atom is -0.367 e. The van der Waals surface area contributed by atoms with Gasteiger partial charge in [-0.1, -0.05) is 36.4 Å². The Balaban J connectivity index is 0.985. The van der Waals surface area contributed by atoms with Gasteiger partial charge < -0.3 is 34.4 Å². The number of likely N-dealkylation sites (tertiary alicyclic amines) is 1. The number of likely N-dealkylation sites (N-methyl/N-ethyl adjacent to an activating group) is 1. The first-order chi connectivity index (χ1) is 29.5. The van der Waals surface area contributed by atoms with Gasteiger partial charge >= 0.3 is 12.4 Å². The fraction of sp³-hybridized carbons (Fsp3) is 0.533. The van der Waals surface area contributed by atoms with Crippen LogP contribution in [0.4, 0.5) is 30.7 Å². The number of amides is 3. The molecule has 4 aliphatic rings. The smallest absolute Gasteiger partial charge is 0.367 e.